The van der Waals surface area contributed by atoms with Crippen LogP contribution in [0.5, 0.6) is 0 Å². The number of amides is 1. The van der Waals surface area contributed by atoms with Crippen LogP contribution in [0.15, 0.2) is 57.7 Å². The largest absolute Gasteiger partial charge is 0.454 e. The van der Waals surface area contributed by atoms with Crippen molar-refractivity contribution in [3.8, 4) is 0 Å². The summed E-state index contributed by atoms with van der Waals surface area (Å²) in [6.07, 6.45) is -1.07. The number of hydrogen-bond donors (Lipinski definition) is 1. The Hall–Kier alpha value is -3.68. The van der Waals surface area contributed by atoms with Crippen LogP contribution in [0.25, 0.3) is 11.1 Å². The Labute approximate surface area is 178 Å². The van der Waals surface area contributed by atoms with Gasteiger partial charge in [-0.3, -0.25) is 19.0 Å². The van der Waals surface area contributed by atoms with Crippen molar-refractivity contribution < 1.29 is 23.5 Å². The van der Waals surface area contributed by atoms with Crippen LogP contribution in [0, 0.1) is 5.92 Å². The van der Waals surface area contributed by atoms with Crippen molar-refractivity contribution >= 4 is 34.4 Å². The fourth-order valence-corrected chi connectivity index (χ4v) is 2.98. The Kier molecular flexibility index (Phi) is 6.69. The molecular formula is C23H24N2O6. The van der Waals surface area contributed by atoms with Gasteiger partial charge >= 0.3 is 11.7 Å². The van der Waals surface area contributed by atoms with Gasteiger partial charge in [-0.05, 0) is 43.3 Å². The number of oxazole rings is 1. The lowest BCUT2D eigenvalue weighted by Crippen LogP contribution is -2.26. The molecule has 3 aromatic rings. The minimum Gasteiger partial charge on any atom is -0.454 e. The summed E-state index contributed by atoms with van der Waals surface area (Å²) >= 11 is 0. The van der Waals surface area contributed by atoms with Crippen molar-refractivity contribution in [2.24, 2.45) is 5.92 Å². The molecule has 0 radical (unpaired) electrons. The Morgan fingerprint density at radius 3 is 2.39 bits per heavy atom. The third-order valence-electron chi connectivity index (χ3n) is 4.75. The van der Waals surface area contributed by atoms with Crippen molar-refractivity contribution in [2.75, 3.05) is 5.32 Å². The second-order valence-electron chi connectivity index (χ2n) is 7.45. The molecule has 31 heavy (non-hydrogen) atoms. The zero-order valence-electron chi connectivity index (χ0n) is 17.6. The molecule has 1 amide bonds. The van der Waals surface area contributed by atoms with E-state index in [4.69, 9.17) is 9.15 Å². The highest BCUT2D eigenvalue weighted by Crippen LogP contribution is 2.15. The lowest BCUT2D eigenvalue weighted by Gasteiger charge is -2.13. The molecule has 3 rings (SSSR count). The van der Waals surface area contributed by atoms with Gasteiger partial charge in [0.05, 0.1) is 11.9 Å². The maximum atomic E-state index is 12.5. The van der Waals surface area contributed by atoms with Crippen LogP contribution in [0.3, 0.4) is 0 Å². The normalized spacial score (nSPS) is 12.0. The first-order chi connectivity index (χ1) is 14.8. The fourth-order valence-electron chi connectivity index (χ4n) is 2.98. The highest BCUT2D eigenvalue weighted by Gasteiger charge is 2.20. The van der Waals surface area contributed by atoms with Gasteiger partial charge in [0, 0.05) is 23.7 Å². The molecule has 0 bridgehead atoms. The van der Waals surface area contributed by atoms with Crippen molar-refractivity contribution in [1.29, 1.82) is 0 Å². The lowest BCUT2D eigenvalue weighted by atomic mass is 10.1. The van der Waals surface area contributed by atoms with Crippen molar-refractivity contribution in [3.63, 3.8) is 0 Å². The van der Waals surface area contributed by atoms with E-state index in [1.807, 2.05) is 0 Å². The standard InChI is InChI=1S/C23H24N2O6/c1-14(2)22(28)24-17-10-8-16(9-11-17)21(27)15(3)30-20(26)12-13-25-18-6-4-5-7-19(18)31-23(25)29/h4-11,14-15H,12-13H2,1-3H3,(H,24,28). The van der Waals surface area contributed by atoms with E-state index < -0.39 is 17.8 Å². The monoisotopic (exact) mass is 424 g/mol. The van der Waals surface area contributed by atoms with E-state index in [-0.39, 0.29) is 30.6 Å². The predicted molar refractivity (Wildman–Crippen MR) is 115 cm³/mol. The maximum absolute atomic E-state index is 12.5. The number of ether oxygens (including phenoxy) is 1. The third kappa shape index (κ3) is 5.28. The minimum atomic E-state index is -0.985. The van der Waals surface area contributed by atoms with Crippen LogP contribution in [0.4, 0.5) is 5.69 Å². The van der Waals surface area contributed by atoms with Gasteiger partial charge in [0.25, 0.3) is 0 Å². The van der Waals surface area contributed by atoms with Gasteiger partial charge < -0.3 is 14.5 Å². The molecule has 0 aliphatic heterocycles. The number of aryl methyl sites for hydroxylation is 1. The molecule has 162 valence electrons. The number of esters is 1. The minimum absolute atomic E-state index is 0.0821. The number of carbonyl (C=O) groups is 3. The maximum Gasteiger partial charge on any atom is 0.419 e. The number of para-hydroxylation sites is 2. The number of hydrogen-bond acceptors (Lipinski definition) is 6. The summed E-state index contributed by atoms with van der Waals surface area (Å²) in [5.74, 6) is -1.79. The van der Waals surface area contributed by atoms with Crippen LogP contribution in [0.2, 0.25) is 0 Å². The van der Waals surface area contributed by atoms with Crippen molar-refractivity contribution in [1.82, 2.24) is 4.57 Å². The van der Waals surface area contributed by atoms with Gasteiger partial charge in [-0.25, -0.2) is 4.79 Å². The quantitative estimate of drug-likeness (QED) is 0.439. The Morgan fingerprint density at radius 2 is 1.71 bits per heavy atom. The second kappa shape index (κ2) is 9.42. The van der Waals surface area contributed by atoms with E-state index in [9.17, 15) is 19.2 Å². The molecule has 0 saturated heterocycles. The smallest absolute Gasteiger partial charge is 0.419 e. The summed E-state index contributed by atoms with van der Waals surface area (Å²) in [4.78, 5) is 48.5. The first-order valence-electron chi connectivity index (χ1n) is 9.99. The van der Waals surface area contributed by atoms with E-state index in [1.165, 1.54) is 11.5 Å². The summed E-state index contributed by atoms with van der Waals surface area (Å²) < 4.78 is 11.7. The number of rotatable bonds is 8. The summed E-state index contributed by atoms with van der Waals surface area (Å²) in [7, 11) is 0. The number of benzene rings is 2. The zero-order valence-corrected chi connectivity index (χ0v) is 17.6. The van der Waals surface area contributed by atoms with Gasteiger partial charge in [0.2, 0.25) is 11.7 Å². The number of nitrogens with one attached hydrogen (secondary N) is 1. The molecule has 8 heteroatoms. The van der Waals surface area contributed by atoms with Gasteiger partial charge in [0.15, 0.2) is 11.7 Å². The van der Waals surface area contributed by atoms with E-state index in [0.717, 1.165) is 0 Å². The fraction of sp³-hybridized carbons (Fsp3) is 0.304. The lowest BCUT2D eigenvalue weighted by molar-refractivity contribution is -0.146. The molecule has 0 aliphatic rings. The average molecular weight is 424 g/mol. The number of carbonyl (C=O) groups excluding carboxylic acids is 3. The van der Waals surface area contributed by atoms with Crippen molar-refractivity contribution in [2.45, 2.75) is 39.8 Å². The van der Waals surface area contributed by atoms with Crippen LogP contribution in [-0.2, 0) is 20.9 Å². The zero-order chi connectivity index (χ0) is 22.5. The number of nitrogens with zero attached hydrogens (tertiary/aromatic N) is 1. The summed E-state index contributed by atoms with van der Waals surface area (Å²) in [5.41, 5.74) is 1.98. The topological polar surface area (TPSA) is 108 Å². The first-order valence-corrected chi connectivity index (χ1v) is 9.99. The summed E-state index contributed by atoms with van der Waals surface area (Å²) in [6, 6.07) is 13.3. The van der Waals surface area contributed by atoms with Gasteiger partial charge in [-0.2, -0.15) is 0 Å². The Balaban J connectivity index is 1.56. The molecule has 1 aromatic heterocycles. The van der Waals surface area contributed by atoms with Crippen molar-refractivity contribution in [3.05, 3.63) is 64.6 Å². The number of aromatic nitrogens is 1. The van der Waals surface area contributed by atoms with E-state index >= 15 is 0 Å². The highest BCUT2D eigenvalue weighted by molar-refractivity contribution is 6.01. The van der Waals surface area contributed by atoms with E-state index in [2.05, 4.69) is 5.32 Å². The highest BCUT2D eigenvalue weighted by atomic mass is 16.5. The number of fused-ring (bicyclic) bond motifs is 1. The third-order valence-corrected chi connectivity index (χ3v) is 4.75. The number of anilines is 1. The van der Waals surface area contributed by atoms with Crippen LogP contribution >= 0.6 is 0 Å². The molecule has 1 atom stereocenters. The Bertz CT molecular complexity index is 1160. The van der Waals surface area contributed by atoms with Crippen LogP contribution in [-0.4, -0.2) is 28.3 Å². The number of ketones is 1. The number of Topliss-reactive ketones (excluding diaryl/α,β-unsaturated/α-hetero) is 1. The molecular weight excluding hydrogens is 400 g/mol. The molecule has 0 fully saturated rings. The molecule has 2 aromatic carbocycles. The first kappa shape index (κ1) is 22.0. The SMILES string of the molecule is CC(C)C(=O)Nc1ccc(C(=O)C(C)OC(=O)CCn2c(=O)oc3ccccc32)cc1. The van der Waals surface area contributed by atoms with Gasteiger partial charge in [0.1, 0.15) is 0 Å². The summed E-state index contributed by atoms with van der Waals surface area (Å²) in [6.45, 7) is 5.15. The summed E-state index contributed by atoms with van der Waals surface area (Å²) in [5, 5.41) is 2.75. The van der Waals surface area contributed by atoms with Gasteiger partial charge in [-0.15, -0.1) is 0 Å². The molecule has 1 heterocycles. The van der Waals surface area contributed by atoms with E-state index in [0.29, 0.717) is 22.4 Å². The molecule has 1 N–H and O–H groups in total. The molecule has 0 spiro atoms. The molecule has 0 saturated carbocycles. The van der Waals surface area contributed by atoms with Gasteiger partial charge in [-0.1, -0.05) is 26.0 Å². The van der Waals surface area contributed by atoms with Crippen LogP contribution < -0.4 is 11.1 Å². The second-order valence-corrected chi connectivity index (χ2v) is 7.45. The average Bonchev–Trinajstić information content (AvgIpc) is 3.07. The predicted octanol–water partition coefficient (Wildman–Crippen LogP) is 3.39. The molecule has 0 aliphatic carbocycles. The molecule has 8 nitrogen and oxygen atoms in total. The Morgan fingerprint density at radius 1 is 1.03 bits per heavy atom. The van der Waals surface area contributed by atoms with Crippen LogP contribution in [0.1, 0.15) is 37.6 Å². The van der Waals surface area contributed by atoms with E-state index in [1.54, 1.807) is 62.4 Å². The molecule has 1 unspecified atom stereocenters.